The van der Waals surface area contributed by atoms with E-state index in [-0.39, 0.29) is 5.91 Å². The topological polar surface area (TPSA) is 32.3 Å². The average molecular weight is 234 g/mol. The molecule has 0 aliphatic carbocycles. The zero-order valence-corrected chi connectivity index (χ0v) is 11.0. The number of carbonyl (C=O) groups is 1. The number of nitrogens with one attached hydrogen (secondary N) is 1. The summed E-state index contributed by atoms with van der Waals surface area (Å²) in [5.41, 5.74) is 5.33. The molecular formula is C14H22N2O. The Morgan fingerprint density at radius 2 is 1.65 bits per heavy atom. The molecule has 0 atom stereocenters. The fourth-order valence-corrected chi connectivity index (χ4v) is 1.72. The van der Waals surface area contributed by atoms with Crippen molar-refractivity contribution in [2.24, 2.45) is 0 Å². The number of rotatable bonds is 6. The number of carbonyl (C=O) groups excluding carboxylic acids is 1. The summed E-state index contributed by atoms with van der Waals surface area (Å²) < 4.78 is 0. The number of amides is 1. The van der Waals surface area contributed by atoms with Crippen molar-refractivity contribution in [1.82, 2.24) is 10.4 Å². The van der Waals surface area contributed by atoms with Gasteiger partial charge in [0.25, 0.3) is 0 Å². The Kier molecular flexibility index (Phi) is 5.70. The zero-order valence-electron chi connectivity index (χ0n) is 11.0. The molecule has 94 valence electrons. The SMILES string of the molecule is CCCc1ccc(CCC(=O)NN(C)C)cc1. The van der Waals surface area contributed by atoms with E-state index in [1.165, 1.54) is 17.5 Å². The molecule has 1 aromatic rings. The Hall–Kier alpha value is -1.35. The van der Waals surface area contributed by atoms with Crippen LogP contribution in [-0.4, -0.2) is 25.0 Å². The van der Waals surface area contributed by atoms with Crippen LogP contribution in [0.5, 0.6) is 0 Å². The number of hydrogen-bond donors (Lipinski definition) is 1. The lowest BCUT2D eigenvalue weighted by Gasteiger charge is -2.11. The molecule has 1 rings (SSSR count). The van der Waals surface area contributed by atoms with Crippen LogP contribution in [0, 0.1) is 0 Å². The minimum atomic E-state index is 0.0626. The summed E-state index contributed by atoms with van der Waals surface area (Å²) in [5.74, 6) is 0.0626. The number of nitrogens with zero attached hydrogens (tertiary/aromatic N) is 1. The predicted molar refractivity (Wildman–Crippen MR) is 70.6 cm³/mol. The molecule has 0 aliphatic rings. The molecule has 0 radical (unpaired) electrons. The van der Waals surface area contributed by atoms with Gasteiger partial charge in [-0.1, -0.05) is 37.6 Å². The Morgan fingerprint density at radius 1 is 1.12 bits per heavy atom. The van der Waals surface area contributed by atoms with Gasteiger partial charge < -0.3 is 0 Å². The largest absolute Gasteiger partial charge is 0.289 e. The van der Waals surface area contributed by atoms with Crippen LogP contribution in [0.3, 0.4) is 0 Å². The van der Waals surface area contributed by atoms with E-state index in [0.29, 0.717) is 6.42 Å². The van der Waals surface area contributed by atoms with Crippen LogP contribution in [0.4, 0.5) is 0 Å². The van der Waals surface area contributed by atoms with E-state index in [0.717, 1.165) is 12.8 Å². The molecule has 0 heterocycles. The van der Waals surface area contributed by atoms with Crippen LogP contribution in [0.15, 0.2) is 24.3 Å². The number of benzene rings is 1. The summed E-state index contributed by atoms with van der Waals surface area (Å²) in [6.07, 6.45) is 3.63. The summed E-state index contributed by atoms with van der Waals surface area (Å²) in [6.45, 7) is 2.18. The summed E-state index contributed by atoms with van der Waals surface area (Å²) >= 11 is 0. The van der Waals surface area contributed by atoms with Gasteiger partial charge in [0.2, 0.25) is 5.91 Å². The normalized spacial score (nSPS) is 10.6. The van der Waals surface area contributed by atoms with Crippen LogP contribution < -0.4 is 5.43 Å². The maximum atomic E-state index is 11.4. The van der Waals surface area contributed by atoms with E-state index >= 15 is 0 Å². The first-order valence-electron chi connectivity index (χ1n) is 6.16. The minimum absolute atomic E-state index is 0.0626. The van der Waals surface area contributed by atoms with Gasteiger partial charge in [0.05, 0.1) is 0 Å². The lowest BCUT2D eigenvalue weighted by molar-refractivity contribution is -0.124. The van der Waals surface area contributed by atoms with E-state index < -0.39 is 0 Å². The zero-order chi connectivity index (χ0) is 12.7. The molecule has 0 bridgehead atoms. The van der Waals surface area contributed by atoms with Gasteiger partial charge in [-0.05, 0) is 24.0 Å². The molecule has 0 aromatic heterocycles. The van der Waals surface area contributed by atoms with Gasteiger partial charge in [-0.3, -0.25) is 10.2 Å². The minimum Gasteiger partial charge on any atom is -0.289 e. The van der Waals surface area contributed by atoms with Crippen LogP contribution in [0.25, 0.3) is 0 Å². The Balaban J connectivity index is 2.39. The molecule has 0 saturated heterocycles. The standard InChI is InChI=1S/C14H22N2O/c1-4-5-12-6-8-13(9-7-12)10-11-14(17)15-16(2)3/h6-9H,4-5,10-11H2,1-3H3,(H,15,17). The second-order valence-corrected chi connectivity index (χ2v) is 4.50. The fourth-order valence-electron chi connectivity index (χ4n) is 1.72. The summed E-state index contributed by atoms with van der Waals surface area (Å²) in [7, 11) is 3.63. The van der Waals surface area contributed by atoms with E-state index in [2.05, 4.69) is 36.6 Å². The smallest absolute Gasteiger partial charge is 0.234 e. The van der Waals surface area contributed by atoms with E-state index in [4.69, 9.17) is 0 Å². The molecule has 3 heteroatoms. The van der Waals surface area contributed by atoms with Gasteiger partial charge in [-0.15, -0.1) is 0 Å². The Bertz CT molecular complexity index is 344. The van der Waals surface area contributed by atoms with Crippen molar-refractivity contribution in [3.63, 3.8) is 0 Å². The van der Waals surface area contributed by atoms with Crippen LogP contribution in [-0.2, 0) is 17.6 Å². The van der Waals surface area contributed by atoms with Crippen molar-refractivity contribution in [2.75, 3.05) is 14.1 Å². The van der Waals surface area contributed by atoms with E-state index in [1.54, 1.807) is 5.01 Å². The second kappa shape index (κ2) is 7.07. The molecule has 17 heavy (non-hydrogen) atoms. The number of hydrazine groups is 1. The molecular weight excluding hydrogens is 212 g/mol. The summed E-state index contributed by atoms with van der Waals surface area (Å²) in [6, 6.07) is 8.55. The van der Waals surface area contributed by atoms with Gasteiger partial charge in [0, 0.05) is 20.5 Å². The van der Waals surface area contributed by atoms with Crippen LogP contribution >= 0.6 is 0 Å². The Labute approximate surface area is 104 Å². The molecule has 1 amide bonds. The predicted octanol–water partition coefficient (Wildman–Crippen LogP) is 2.16. The summed E-state index contributed by atoms with van der Waals surface area (Å²) in [4.78, 5) is 11.4. The lowest BCUT2D eigenvalue weighted by Crippen LogP contribution is -2.36. The highest BCUT2D eigenvalue weighted by Crippen LogP contribution is 2.08. The molecule has 0 spiro atoms. The maximum absolute atomic E-state index is 11.4. The molecule has 0 saturated carbocycles. The monoisotopic (exact) mass is 234 g/mol. The van der Waals surface area contributed by atoms with Crippen molar-refractivity contribution in [1.29, 1.82) is 0 Å². The third-order valence-corrected chi connectivity index (χ3v) is 2.55. The van der Waals surface area contributed by atoms with Gasteiger partial charge in [-0.2, -0.15) is 0 Å². The first-order chi connectivity index (χ1) is 8.11. The third-order valence-electron chi connectivity index (χ3n) is 2.55. The van der Waals surface area contributed by atoms with E-state index in [1.807, 2.05) is 14.1 Å². The molecule has 1 N–H and O–H groups in total. The molecule has 0 unspecified atom stereocenters. The van der Waals surface area contributed by atoms with Gasteiger partial charge in [-0.25, -0.2) is 5.01 Å². The molecule has 0 aliphatic heterocycles. The Morgan fingerprint density at radius 3 is 2.12 bits per heavy atom. The van der Waals surface area contributed by atoms with E-state index in [9.17, 15) is 4.79 Å². The van der Waals surface area contributed by atoms with Crippen molar-refractivity contribution >= 4 is 5.91 Å². The van der Waals surface area contributed by atoms with Crippen LogP contribution in [0.2, 0.25) is 0 Å². The van der Waals surface area contributed by atoms with Crippen molar-refractivity contribution in [3.8, 4) is 0 Å². The van der Waals surface area contributed by atoms with Gasteiger partial charge in [0.1, 0.15) is 0 Å². The lowest BCUT2D eigenvalue weighted by atomic mass is 10.0. The quantitative estimate of drug-likeness (QED) is 0.765. The van der Waals surface area contributed by atoms with Gasteiger partial charge in [0.15, 0.2) is 0 Å². The van der Waals surface area contributed by atoms with Crippen molar-refractivity contribution in [3.05, 3.63) is 35.4 Å². The average Bonchev–Trinajstić information content (AvgIpc) is 2.28. The molecule has 3 nitrogen and oxygen atoms in total. The second-order valence-electron chi connectivity index (χ2n) is 4.50. The first kappa shape index (κ1) is 13.7. The number of aryl methyl sites for hydroxylation is 2. The fraction of sp³-hybridized carbons (Fsp3) is 0.500. The van der Waals surface area contributed by atoms with Gasteiger partial charge >= 0.3 is 0 Å². The highest BCUT2D eigenvalue weighted by Gasteiger charge is 2.02. The third kappa shape index (κ3) is 5.50. The van der Waals surface area contributed by atoms with Crippen LogP contribution in [0.1, 0.15) is 30.9 Å². The highest BCUT2D eigenvalue weighted by atomic mass is 16.2. The molecule has 1 aromatic carbocycles. The van der Waals surface area contributed by atoms with Crippen molar-refractivity contribution in [2.45, 2.75) is 32.6 Å². The summed E-state index contributed by atoms with van der Waals surface area (Å²) in [5, 5.41) is 1.67. The van der Waals surface area contributed by atoms with Crippen molar-refractivity contribution < 1.29 is 4.79 Å². The maximum Gasteiger partial charge on any atom is 0.234 e. The highest BCUT2D eigenvalue weighted by molar-refractivity contribution is 5.75. The first-order valence-corrected chi connectivity index (χ1v) is 6.16. The molecule has 0 fully saturated rings. The number of hydrogen-bond acceptors (Lipinski definition) is 2.